The highest BCUT2D eigenvalue weighted by molar-refractivity contribution is 7.89. The van der Waals surface area contributed by atoms with Gasteiger partial charge in [0.1, 0.15) is 0 Å². The normalized spacial score (nSPS) is 18.3. The lowest BCUT2D eigenvalue weighted by Crippen LogP contribution is -2.50. The second-order valence-electron chi connectivity index (χ2n) is 8.27. The number of sulfonamides is 1. The molecule has 2 saturated heterocycles. The molecule has 0 radical (unpaired) electrons. The molecule has 2 aromatic rings. The summed E-state index contributed by atoms with van der Waals surface area (Å²) in [4.78, 5) is 27.8. The molecule has 182 valence electrons. The van der Waals surface area contributed by atoms with Gasteiger partial charge in [-0.1, -0.05) is 6.07 Å². The Morgan fingerprint density at radius 3 is 2.18 bits per heavy atom. The molecule has 34 heavy (non-hydrogen) atoms. The molecule has 0 N–H and O–H groups in total. The van der Waals surface area contributed by atoms with Gasteiger partial charge in [-0.15, -0.1) is 0 Å². The van der Waals surface area contributed by atoms with Crippen LogP contribution in [-0.4, -0.2) is 62.2 Å². The van der Waals surface area contributed by atoms with Crippen LogP contribution in [0.4, 0.5) is 18.9 Å². The zero-order valence-electron chi connectivity index (χ0n) is 18.3. The molecule has 0 saturated carbocycles. The van der Waals surface area contributed by atoms with Crippen molar-refractivity contribution in [1.82, 2.24) is 9.21 Å². The van der Waals surface area contributed by atoms with E-state index < -0.39 is 26.7 Å². The molecule has 2 heterocycles. The molecule has 2 aromatic carbocycles. The van der Waals surface area contributed by atoms with E-state index in [2.05, 4.69) is 0 Å². The van der Waals surface area contributed by atoms with Crippen molar-refractivity contribution in [3.63, 3.8) is 0 Å². The SMILES string of the molecule is O=C(c1ccc(N2CCCCC2=O)cc1)N1CCN(S(=O)(=O)c2cccc(C(F)(F)F)c2)CC1. The molecule has 0 atom stereocenters. The van der Waals surface area contributed by atoms with Gasteiger partial charge in [-0.05, 0) is 55.3 Å². The molecule has 4 rings (SSSR count). The van der Waals surface area contributed by atoms with E-state index in [-0.39, 0.29) is 38.0 Å². The Morgan fingerprint density at radius 1 is 0.882 bits per heavy atom. The maximum absolute atomic E-state index is 13.0. The third-order valence-corrected chi connectivity index (χ3v) is 7.97. The summed E-state index contributed by atoms with van der Waals surface area (Å²) in [5.74, 6) is -0.212. The Bertz CT molecular complexity index is 1170. The van der Waals surface area contributed by atoms with Crippen LogP contribution in [-0.2, 0) is 21.0 Å². The molecule has 11 heteroatoms. The lowest BCUT2D eigenvalue weighted by atomic mass is 10.1. The van der Waals surface area contributed by atoms with E-state index in [1.165, 1.54) is 4.90 Å². The van der Waals surface area contributed by atoms with Gasteiger partial charge in [0.05, 0.1) is 10.5 Å². The number of halogens is 3. The fourth-order valence-corrected chi connectivity index (χ4v) is 5.63. The Balaban J connectivity index is 1.40. The summed E-state index contributed by atoms with van der Waals surface area (Å²) in [7, 11) is -4.12. The summed E-state index contributed by atoms with van der Waals surface area (Å²) >= 11 is 0. The van der Waals surface area contributed by atoms with Gasteiger partial charge >= 0.3 is 6.18 Å². The fraction of sp³-hybridized carbons (Fsp3) is 0.391. The van der Waals surface area contributed by atoms with Crippen LogP contribution in [0.25, 0.3) is 0 Å². The van der Waals surface area contributed by atoms with Crippen molar-refractivity contribution in [3.8, 4) is 0 Å². The summed E-state index contributed by atoms with van der Waals surface area (Å²) < 4.78 is 65.7. The molecule has 7 nitrogen and oxygen atoms in total. The van der Waals surface area contributed by atoms with Crippen molar-refractivity contribution < 1.29 is 31.2 Å². The average Bonchev–Trinajstić information content (AvgIpc) is 2.84. The van der Waals surface area contributed by atoms with Gasteiger partial charge in [-0.2, -0.15) is 17.5 Å². The molecule has 2 aliphatic rings. The number of hydrogen-bond acceptors (Lipinski definition) is 4. The zero-order chi connectivity index (χ0) is 24.5. The van der Waals surface area contributed by atoms with Crippen LogP contribution in [0.3, 0.4) is 0 Å². The van der Waals surface area contributed by atoms with E-state index in [1.54, 1.807) is 29.2 Å². The maximum Gasteiger partial charge on any atom is 0.416 e. The van der Waals surface area contributed by atoms with Crippen molar-refractivity contribution in [2.45, 2.75) is 30.3 Å². The minimum atomic E-state index is -4.65. The minimum Gasteiger partial charge on any atom is -0.336 e. The quantitative estimate of drug-likeness (QED) is 0.652. The topological polar surface area (TPSA) is 78.0 Å². The van der Waals surface area contributed by atoms with Gasteiger partial charge in [0.25, 0.3) is 5.91 Å². The molecule has 0 aromatic heterocycles. The highest BCUT2D eigenvalue weighted by Gasteiger charge is 2.34. The summed E-state index contributed by atoms with van der Waals surface area (Å²) in [5.41, 5.74) is 0.123. The number of piperazine rings is 1. The molecule has 0 bridgehead atoms. The minimum absolute atomic E-state index is 0.0231. The van der Waals surface area contributed by atoms with Crippen LogP contribution in [0.5, 0.6) is 0 Å². The molecule has 0 spiro atoms. The van der Waals surface area contributed by atoms with Gasteiger partial charge in [-0.3, -0.25) is 9.59 Å². The highest BCUT2D eigenvalue weighted by atomic mass is 32.2. The van der Waals surface area contributed by atoms with E-state index in [9.17, 15) is 31.2 Å². The number of anilines is 1. The third-order valence-electron chi connectivity index (χ3n) is 6.07. The van der Waals surface area contributed by atoms with Gasteiger partial charge in [0, 0.05) is 50.4 Å². The van der Waals surface area contributed by atoms with E-state index in [4.69, 9.17) is 0 Å². The van der Waals surface area contributed by atoms with Crippen molar-refractivity contribution in [2.24, 2.45) is 0 Å². The Hall–Kier alpha value is -2.92. The first-order chi connectivity index (χ1) is 16.1. The number of nitrogens with zero attached hydrogens (tertiary/aromatic N) is 3. The first kappa shape index (κ1) is 24.2. The first-order valence-corrected chi connectivity index (χ1v) is 12.4. The first-order valence-electron chi connectivity index (χ1n) is 10.9. The average molecular weight is 496 g/mol. The lowest BCUT2D eigenvalue weighted by Gasteiger charge is -2.34. The van der Waals surface area contributed by atoms with Crippen LogP contribution >= 0.6 is 0 Å². The van der Waals surface area contributed by atoms with E-state index in [0.717, 1.165) is 41.0 Å². The molecule has 0 aliphatic carbocycles. The van der Waals surface area contributed by atoms with Crippen molar-refractivity contribution >= 4 is 27.5 Å². The fourth-order valence-electron chi connectivity index (χ4n) is 4.16. The van der Waals surface area contributed by atoms with Crippen molar-refractivity contribution in [2.75, 3.05) is 37.6 Å². The Kier molecular flexibility index (Phi) is 6.68. The monoisotopic (exact) mass is 495 g/mol. The maximum atomic E-state index is 13.0. The van der Waals surface area contributed by atoms with Crippen LogP contribution in [0.15, 0.2) is 53.4 Å². The third kappa shape index (κ3) is 4.95. The molecule has 2 aliphatic heterocycles. The second kappa shape index (κ2) is 9.38. The lowest BCUT2D eigenvalue weighted by molar-refractivity contribution is -0.137. The van der Waals surface area contributed by atoms with Crippen LogP contribution < -0.4 is 4.90 Å². The largest absolute Gasteiger partial charge is 0.416 e. The number of amides is 2. The standard InChI is InChI=1S/C23H24F3N3O4S/c24-23(25,26)18-4-3-5-20(16-18)34(32,33)28-14-12-27(13-15-28)22(31)17-7-9-19(10-8-17)29-11-2-1-6-21(29)30/h3-5,7-10,16H,1-2,6,11-15H2. The van der Waals surface area contributed by atoms with Gasteiger partial charge in [-0.25, -0.2) is 8.42 Å². The number of piperidine rings is 1. The molecular weight excluding hydrogens is 471 g/mol. The molecule has 2 fully saturated rings. The summed E-state index contributed by atoms with van der Waals surface area (Å²) in [6, 6.07) is 10.4. The molecule has 2 amide bonds. The van der Waals surface area contributed by atoms with Crippen LogP contribution in [0.2, 0.25) is 0 Å². The number of benzene rings is 2. The number of carbonyl (C=O) groups excluding carboxylic acids is 2. The Morgan fingerprint density at radius 2 is 1.56 bits per heavy atom. The molecular formula is C23H24F3N3O4S. The number of alkyl halides is 3. The zero-order valence-corrected chi connectivity index (χ0v) is 19.1. The molecule has 0 unspecified atom stereocenters. The van der Waals surface area contributed by atoms with Gasteiger partial charge in [0.2, 0.25) is 15.9 Å². The summed E-state index contributed by atoms with van der Waals surface area (Å²) in [5, 5.41) is 0. The second-order valence-corrected chi connectivity index (χ2v) is 10.2. The number of rotatable bonds is 4. The van der Waals surface area contributed by atoms with Gasteiger partial charge in [0.15, 0.2) is 0 Å². The van der Waals surface area contributed by atoms with Gasteiger partial charge < -0.3 is 9.80 Å². The number of hydrogen-bond donors (Lipinski definition) is 0. The van der Waals surface area contributed by atoms with Crippen molar-refractivity contribution in [3.05, 3.63) is 59.7 Å². The van der Waals surface area contributed by atoms with E-state index in [1.807, 2.05) is 0 Å². The predicted molar refractivity (Wildman–Crippen MR) is 119 cm³/mol. The van der Waals surface area contributed by atoms with Crippen LogP contribution in [0.1, 0.15) is 35.2 Å². The smallest absolute Gasteiger partial charge is 0.336 e. The summed E-state index contributed by atoms with van der Waals surface area (Å²) in [6.07, 6.45) is -2.33. The van der Waals surface area contributed by atoms with E-state index in [0.29, 0.717) is 24.6 Å². The van der Waals surface area contributed by atoms with Crippen molar-refractivity contribution in [1.29, 1.82) is 0 Å². The van der Waals surface area contributed by atoms with Crippen LogP contribution in [0, 0.1) is 0 Å². The Labute approximate surface area is 195 Å². The predicted octanol–water partition coefficient (Wildman–Crippen LogP) is 3.37. The highest BCUT2D eigenvalue weighted by Crippen LogP contribution is 2.31. The summed E-state index contributed by atoms with van der Waals surface area (Å²) in [6.45, 7) is 0.830. The number of carbonyl (C=O) groups is 2. The van der Waals surface area contributed by atoms with E-state index >= 15 is 0 Å².